The third-order valence-electron chi connectivity index (χ3n) is 2.63. The van der Waals surface area contributed by atoms with Crippen LogP contribution in [0.5, 0.6) is 0 Å². The van der Waals surface area contributed by atoms with Crippen molar-refractivity contribution in [1.82, 2.24) is 0 Å². The maximum atomic E-state index is 13.7. The largest absolute Gasteiger partial charge is 0.326 e. The zero-order valence-corrected chi connectivity index (χ0v) is 9.20. The summed E-state index contributed by atoms with van der Waals surface area (Å²) in [4.78, 5) is 0. The minimum absolute atomic E-state index is 0.180. The Labute approximate surface area is 94.7 Å². The summed E-state index contributed by atoms with van der Waals surface area (Å²) in [5.74, 6) is -0.180. The lowest BCUT2D eigenvalue weighted by Crippen LogP contribution is -1.95. The fraction of sp³-hybridized carbons (Fsp3) is 0.143. The van der Waals surface area contributed by atoms with Crippen molar-refractivity contribution in [3.8, 4) is 11.1 Å². The fourth-order valence-electron chi connectivity index (χ4n) is 1.67. The van der Waals surface area contributed by atoms with Gasteiger partial charge in [-0.1, -0.05) is 36.4 Å². The molecule has 2 aromatic carbocycles. The maximum Gasteiger partial charge on any atom is 0.131 e. The van der Waals surface area contributed by atoms with Crippen molar-refractivity contribution in [3.63, 3.8) is 0 Å². The second-order valence-corrected chi connectivity index (χ2v) is 3.88. The van der Waals surface area contributed by atoms with Crippen LogP contribution in [0.4, 0.5) is 4.39 Å². The smallest absolute Gasteiger partial charge is 0.131 e. The highest BCUT2D eigenvalue weighted by molar-refractivity contribution is 5.64. The molecule has 0 aliphatic rings. The lowest BCUT2D eigenvalue weighted by atomic mass is 10.0. The van der Waals surface area contributed by atoms with E-state index in [0.29, 0.717) is 12.1 Å². The van der Waals surface area contributed by atoms with E-state index in [4.69, 9.17) is 5.73 Å². The lowest BCUT2D eigenvalue weighted by molar-refractivity contribution is 0.630. The number of aryl methyl sites for hydroxylation is 1. The van der Waals surface area contributed by atoms with Crippen LogP contribution >= 0.6 is 0 Å². The van der Waals surface area contributed by atoms with Gasteiger partial charge in [0.15, 0.2) is 0 Å². The molecule has 0 aliphatic heterocycles. The topological polar surface area (TPSA) is 26.0 Å². The van der Waals surface area contributed by atoms with E-state index in [1.165, 1.54) is 0 Å². The number of hydrogen-bond acceptors (Lipinski definition) is 1. The number of benzene rings is 2. The van der Waals surface area contributed by atoms with Crippen LogP contribution in [0, 0.1) is 12.7 Å². The summed E-state index contributed by atoms with van der Waals surface area (Å²) in [6, 6.07) is 12.9. The van der Waals surface area contributed by atoms with Crippen LogP contribution in [0.15, 0.2) is 42.5 Å². The van der Waals surface area contributed by atoms with Gasteiger partial charge in [-0.3, -0.25) is 0 Å². The highest BCUT2D eigenvalue weighted by Crippen LogP contribution is 2.23. The molecule has 2 rings (SSSR count). The molecule has 0 heterocycles. The molecule has 0 aromatic heterocycles. The second-order valence-electron chi connectivity index (χ2n) is 3.88. The molecule has 2 N–H and O–H groups in total. The number of hydrogen-bond donors (Lipinski definition) is 1. The first-order valence-electron chi connectivity index (χ1n) is 5.26. The van der Waals surface area contributed by atoms with Crippen molar-refractivity contribution < 1.29 is 4.39 Å². The minimum Gasteiger partial charge on any atom is -0.326 e. The molecule has 0 saturated carbocycles. The van der Waals surface area contributed by atoms with E-state index in [2.05, 4.69) is 0 Å². The Kier molecular flexibility index (Phi) is 3.02. The van der Waals surface area contributed by atoms with Crippen LogP contribution in [0.1, 0.15) is 11.1 Å². The highest BCUT2D eigenvalue weighted by atomic mass is 19.1. The number of nitrogens with two attached hydrogens (primary N) is 1. The predicted octanol–water partition coefficient (Wildman–Crippen LogP) is 3.26. The predicted molar refractivity (Wildman–Crippen MR) is 64.5 cm³/mol. The third kappa shape index (κ3) is 2.12. The van der Waals surface area contributed by atoms with Gasteiger partial charge in [0.05, 0.1) is 0 Å². The first kappa shape index (κ1) is 10.8. The summed E-state index contributed by atoms with van der Waals surface area (Å²) < 4.78 is 13.7. The van der Waals surface area contributed by atoms with Gasteiger partial charge < -0.3 is 5.73 Å². The lowest BCUT2D eigenvalue weighted by Gasteiger charge is -2.05. The zero-order chi connectivity index (χ0) is 11.5. The van der Waals surface area contributed by atoms with Crippen LogP contribution in [0.2, 0.25) is 0 Å². The number of halogens is 1. The Hall–Kier alpha value is -1.67. The molecule has 0 radical (unpaired) electrons. The molecule has 2 aromatic rings. The average Bonchev–Trinajstić information content (AvgIpc) is 2.29. The van der Waals surface area contributed by atoms with Crippen LogP contribution in [0.3, 0.4) is 0 Å². The molecule has 0 aliphatic carbocycles. The van der Waals surface area contributed by atoms with E-state index in [9.17, 15) is 4.39 Å². The van der Waals surface area contributed by atoms with Crippen molar-refractivity contribution >= 4 is 0 Å². The SMILES string of the molecule is Cc1ccc(-c2ccc(CN)cc2)c(F)c1. The molecule has 0 saturated heterocycles. The van der Waals surface area contributed by atoms with Crippen molar-refractivity contribution in [1.29, 1.82) is 0 Å². The summed E-state index contributed by atoms with van der Waals surface area (Å²) in [5, 5.41) is 0. The molecular weight excluding hydrogens is 201 g/mol. The summed E-state index contributed by atoms with van der Waals surface area (Å²) in [6.45, 7) is 2.39. The summed E-state index contributed by atoms with van der Waals surface area (Å²) in [6.07, 6.45) is 0. The summed E-state index contributed by atoms with van der Waals surface area (Å²) >= 11 is 0. The van der Waals surface area contributed by atoms with Crippen LogP contribution in [0.25, 0.3) is 11.1 Å². The van der Waals surface area contributed by atoms with Gasteiger partial charge in [-0.05, 0) is 29.7 Å². The zero-order valence-electron chi connectivity index (χ0n) is 9.20. The molecule has 0 unspecified atom stereocenters. The van der Waals surface area contributed by atoms with E-state index < -0.39 is 0 Å². The van der Waals surface area contributed by atoms with Crippen LogP contribution in [-0.2, 0) is 6.54 Å². The quantitative estimate of drug-likeness (QED) is 0.817. The van der Waals surface area contributed by atoms with Crippen LogP contribution < -0.4 is 5.73 Å². The van der Waals surface area contributed by atoms with Gasteiger partial charge in [0, 0.05) is 12.1 Å². The molecule has 0 fully saturated rings. The Morgan fingerprint density at radius 3 is 2.31 bits per heavy atom. The molecule has 0 atom stereocenters. The van der Waals surface area contributed by atoms with E-state index in [0.717, 1.165) is 16.7 Å². The minimum atomic E-state index is -0.180. The standard InChI is InChI=1S/C14H14FN/c1-10-2-7-13(14(15)8-10)12-5-3-11(9-16)4-6-12/h2-8H,9,16H2,1H3. The van der Waals surface area contributed by atoms with Gasteiger partial charge in [-0.2, -0.15) is 0 Å². The van der Waals surface area contributed by atoms with Crippen molar-refractivity contribution in [2.45, 2.75) is 13.5 Å². The van der Waals surface area contributed by atoms with Crippen molar-refractivity contribution in [3.05, 3.63) is 59.4 Å². The monoisotopic (exact) mass is 215 g/mol. The Balaban J connectivity index is 2.42. The van der Waals surface area contributed by atoms with Crippen molar-refractivity contribution in [2.75, 3.05) is 0 Å². The summed E-state index contributed by atoms with van der Waals surface area (Å²) in [7, 11) is 0. The van der Waals surface area contributed by atoms with E-state index in [1.807, 2.05) is 43.3 Å². The number of rotatable bonds is 2. The second kappa shape index (κ2) is 4.45. The van der Waals surface area contributed by atoms with Gasteiger partial charge in [-0.15, -0.1) is 0 Å². The Morgan fingerprint density at radius 2 is 1.75 bits per heavy atom. The summed E-state index contributed by atoms with van der Waals surface area (Å²) in [5.41, 5.74) is 9.01. The van der Waals surface area contributed by atoms with Gasteiger partial charge in [0.2, 0.25) is 0 Å². The van der Waals surface area contributed by atoms with E-state index in [-0.39, 0.29) is 5.82 Å². The van der Waals surface area contributed by atoms with Crippen LogP contribution in [-0.4, -0.2) is 0 Å². The molecular formula is C14H14FN. The van der Waals surface area contributed by atoms with E-state index >= 15 is 0 Å². The van der Waals surface area contributed by atoms with Crippen molar-refractivity contribution in [2.24, 2.45) is 5.73 Å². The first-order valence-corrected chi connectivity index (χ1v) is 5.26. The molecule has 0 amide bonds. The third-order valence-corrected chi connectivity index (χ3v) is 2.63. The Bertz CT molecular complexity index is 489. The van der Waals surface area contributed by atoms with E-state index in [1.54, 1.807) is 6.07 Å². The molecule has 2 heteroatoms. The molecule has 1 nitrogen and oxygen atoms in total. The molecule has 82 valence electrons. The van der Waals surface area contributed by atoms with Gasteiger partial charge in [0.25, 0.3) is 0 Å². The molecule has 0 bridgehead atoms. The molecule has 16 heavy (non-hydrogen) atoms. The maximum absolute atomic E-state index is 13.7. The highest BCUT2D eigenvalue weighted by Gasteiger charge is 2.04. The van der Waals surface area contributed by atoms with Gasteiger partial charge in [-0.25, -0.2) is 4.39 Å². The Morgan fingerprint density at radius 1 is 1.06 bits per heavy atom. The first-order chi connectivity index (χ1) is 7.70. The van der Waals surface area contributed by atoms with Gasteiger partial charge in [0.1, 0.15) is 5.82 Å². The average molecular weight is 215 g/mol. The molecule has 0 spiro atoms. The fourth-order valence-corrected chi connectivity index (χ4v) is 1.67. The normalized spacial score (nSPS) is 10.4. The van der Waals surface area contributed by atoms with Gasteiger partial charge >= 0.3 is 0 Å².